The largest absolute Gasteiger partial charge is 0.484 e. The standard InChI is InChI=1S/C38H59N3O6Si/c1-26(2)39-33(45-28(4)32(47-48(13,14)37(9,10)11)24-40(12)35(43)46-36(6,7)8)31-22-38(20-21-38)27(3)23-41(31)34(42)29(5)44-25-30-18-16-15-17-19-30/h15-19,27,31-32H,1,4-5,20-25H2,2-3,6-14H3/b39-33-/t27-,31-,32-/m0/s1. The van der Waals surface area contributed by atoms with E-state index in [1.165, 1.54) is 4.90 Å². The molecule has 1 aromatic rings. The van der Waals surface area contributed by atoms with Gasteiger partial charge in [-0.05, 0) is 82.0 Å². The lowest BCUT2D eigenvalue weighted by Gasteiger charge is -2.44. The van der Waals surface area contributed by atoms with Crippen molar-refractivity contribution < 1.29 is 28.2 Å². The first-order valence-corrected chi connectivity index (χ1v) is 19.9. The van der Waals surface area contributed by atoms with E-state index in [0.717, 1.165) is 18.4 Å². The molecular formula is C38H59N3O6Si. The highest BCUT2D eigenvalue weighted by Gasteiger charge is 2.55. The Hall–Kier alpha value is -3.37. The van der Waals surface area contributed by atoms with E-state index < -0.39 is 32.2 Å². The van der Waals surface area contributed by atoms with Crippen molar-refractivity contribution in [3.05, 3.63) is 72.8 Å². The summed E-state index contributed by atoms with van der Waals surface area (Å²) in [4.78, 5) is 35.1. The minimum absolute atomic E-state index is 0.0643. The van der Waals surface area contributed by atoms with Crippen molar-refractivity contribution in [3.63, 3.8) is 0 Å². The number of hydrogen-bond donors (Lipinski definition) is 0. The summed E-state index contributed by atoms with van der Waals surface area (Å²) < 4.78 is 25.0. The number of carbonyl (C=O) groups excluding carboxylic acids is 2. The number of allylic oxidation sites excluding steroid dienone is 1. The number of benzene rings is 1. The van der Waals surface area contributed by atoms with Gasteiger partial charge in [-0.15, -0.1) is 0 Å². The van der Waals surface area contributed by atoms with E-state index >= 15 is 0 Å². The van der Waals surface area contributed by atoms with Crippen molar-refractivity contribution in [1.29, 1.82) is 0 Å². The van der Waals surface area contributed by atoms with Crippen LogP contribution in [0, 0.1) is 11.3 Å². The first-order valence-electron chi connectivity index (χ1n) is 16.9. The van der Waals surface area contributed by atoms with Crippen LogP contribution in [0.4, 0.5) is 4.79 Å². The highest BCUT2D eigenvalue weighted by molar-refractivity contribution is 6.74. The predicted molar refractivity (Wildman–Crippen MR) is 195 cm³/mol. The molecule has 10 heteroatoms. The Morgan fingerprint density at radius 3 is 2.21 bits per heavy atom. The highest BCUT2D eigenvalue weighted by atomic mass is 28.4. The maximum Gasteiger partial charge on any atom is 0.410 e. The van der Waals surface area contributed by atoms with Crippen LogP contribution in [0.5, 0.6) is 0 Å². The molecule has 1 aliphatic heterocycles. The van der Waals surface area contributed by atoms with Gasteiger partial charge in [0.25, 0.3) is 5.91 Å². The topological polar surface area (TPSA) is 89.9 Å². The van der Waals surface area contributed by atoms with Crippen LogP contribution in [0.1, 0.15) is 80.2 Å². The van der Waals surface area contributed by atoms with E-state index in [1.54, 1.807) is 18.9 Å². The molecule has 3 atom stereocenters. The van der Waals surface area contributed by atoms with Gasteiger partial charge < -0.3 is 28.4 Å². The van der Waals surface area contributed by atoms with Crippen LogP contribution < -0.4 is 0 Å². The molecule has 0 N–H and O–H groups in total. The summed E-state index contributed by atoms with van der Waals surface area (Å²) in [5, 5.41) is -0.119. The summed E-state index contributed by atoms with van der Waals surface area (Å²) in [5.41, 5.74) is 0.917. The van der Waals surface area contributed by atoms with Gasteiger partial charge in [-0.3, -0.25) is 4.79 Å². The normalized spacial score (nSPS) is 20.1. The number of piperidine rings is 1. The fraction of sp³-hybridized carbons (Fsp3) is 0.605. The van der Waals surface area contributed by atoms with Crippen LogP contribution in [0.2, 0.25) is 18.1 Å². The first kappa shape index (κ1) is 39.1. The maximum atomic E-state index is 14.0. The summed E-state index contributed by atoms with van der Waals surface area (Å²) in [7, 11) is -0.703. The maximum absolute atomic E-state index is 14.0. The van der Waals surface area contributed by atoms with Crippen LogP contribution in [-0.2, 0) is 30.0 Å². The van der Waals surface area contributed by atoms with Gasteiger partial charge >= 0.3 is 6.09 Å². The summed E-state index contributed by atoms with van der Waals surface area (Å²) >= 11 is 0. The lowest BCUT2D eigenvalue weighted by molar-refractivity contribution is -0.135. The average molecular weight is 682 g/mol. The van der Waals surface area contributed by atoms with Crippen molar-refractivity contribution in [2.75, 3.05) is 20.1 Å². The molecule has 9 nitrogen and oxygen atoms in total. The number of likely N-dealkylation sites (N-methyl/N-ethyl adjacent to an activating group) is 1. The van der Waals surface area contributed by atoms with Gasteiger partial charge in [0.1, 0.15) is 30.1 Å². The van der Waals surface area contributed by atoms with E-state index in [4.69, 9.17) is 23.6 Å². The second kappa shape index (κ2) is 15.0. The first-order chi connectivity index (χ1) is 22.0. The summed E-state index contributed by atoms with van der Waals surface area (Å²) in [6.07, 6.45) is 1.67. The van der Waals surface area contributed by atoms with Crippen LogP contribution >= 0.6 is 0 Å². The molecule has 0 bridgehead atoms. The predicted octanol–water partition coefficient (Wildman–Crippen LogP) is 8.45. The van der Waals surface area contributed by atoms with Gasteiger partial charge in [-0.1, -0.05) is 77.8 Å². The molecule has 0 radical (unpaired) electrons. The van der Waals surface area contributed by atoms with Gasteiger partial charge in [0.05, 0.1) is 6.54 Å². The van der Waals surface area contributed by atoms with E-state index in [0.29, 0.717) is 30.3 Å². The molecule has 48 heavy (non-hydrogen) atoms. The Labute approximate surface area is 290 Å². The molecule has 1 spiro atoms. The van der Waals surface area contributed by atoms with E-state index in [1.807, 2.05) is 51.1 Å². The van der Waals surface area contributed by atoms with Crippen LogP contribution in [0.3, 0.4) is 0 Å². The van der Waals surface area contributed by atoms with E-state index in [9.17, 15) is 9.59 Å². The van der Waals surface area contributed by atoms with Crippen LogP contribution in [0.15, 0.2) is 72.3 Å². The second-order valence-electron chi connectivity index (χ2n) is 16.1. The highest BCUT2D eigenvalue weighted by Crippen LogP contribution is 2.58. The summed E-state index contributed by atoms with van der Waals surface area (Å²) in [6.45, 7) is 33.5. The minimum atomic E-state index is -2.38. The molecule has 0 aromatic heterocycles. The number of rotatable bonds is 12. The molecule has 266 valence electrons. The summed E-state index contributed by atoms with van der Waals surface area (Å²) in [6, 6.07) is 9.18. The van der Waals surface area contributed by atoms with E-state index in [2.05, 4.69) is 60.5 Å². The molecule has 1 heterocycles. The Morgan fingerprint density at radius 2 is 1.69 bits per heavy atom. The number of aliphatic imine (C=N–C) groups is 1. The Bertz CT molecular complexity index is 1390. The Morgan fingerprint density at radius 1 is 1.08 bits per heavy atom. The SMILES string of the molecule is C=C(C)/N=C(\OC(=C)[C@H](CN(C)C(=O)OC(C)(C)C)O[Si](C)(C)C(C)(C)C)[C@@H]1CC2(CC2)[C@@H](C)CN1C(=O)C(=C)OCc1ccccc1. The molecule has 1 saturated heterocycles. The number of ether oxygens (including phenoxy) is 3. The molecule has 1 saturated carbocycles. The molecule has 2 fully saturated rings. The van der Waals surface area contributed by atoms with Crippen LogP contribution in [-0.4, -0.2) is 73.9 Å². The van der Waals surface area contributed by atoms with Gasteiger partial charge in [0, 0.05) is 19.3 Å². The van der Waals surface area contributed by atoms with Crippen LogP contribution in [0.25, 0.3) is 0 Å². The third kappa shape index (κ3) is 10.3. The number of likely N-dealkylation sites (tertiary alicyclic amines) is 1. The number of carbonyl (C=O) groups is 2. The molecule has 3 rings (SSSR count). The average Bonchev–Trinajstić information content (AvgIpc) is 3.75. The fourth-order valence-corrected chi connectivity index (χ4v) is 6.81. The number of amides is 2. The molecule has 0 unspecified atom stereocenters. The minimum Gasteiger partial charge on any atom is -0.484 e. The second-order valence-corrected chi connectivity index (χ2v) is 20.9. The quantitative estimate of drug-likeness (QED) is 0.0723. The van der Waals surface area contributed by atoms with Gasteiger partial charge in [0.15, 0.2) is 14.1 Å². The molecule has 1 aromatic carbocycles. The van der Waals surface area contributed by atoms with Gasteiger partial charge in [-0.25, -0.2) is 9.79 Å². The molecule has 2 amide bonds. The van der Waals surface area contributed by atoms with Crippen molar-refractivity contribution >= 4 is 26.2 Å². The molecular weight excluding hydrogens is 623 g/mol. The smallest absolute Gasteiger partial charge is 0.410 e. The number of nitrogens with zero attached hydrogens (tertiary/aromatic N) is 3. The fourth-order valence-electron chi connectivity index (χ4n) is 5.54. The third-order valence-corrected chi connectivity index (χ3v) is 14.2. The van der Waals surface area contributed by atoms with Crippen molar-refractivity contribution in [1.82, 2.24) is 9.80 Å². The molecule has 1 aliphatic carbocycles. The van der Waals surface area contributed by atoms with Gasteiger partial charge in [0.2, 0.25) is 5.90 Å². The van der Waals surface area contributed by atoms with Crippen molar-refractivity contribution in [3.8, 4) is 0 Å². The molecule has 2 aliphatic rings. The lowest BCUT2D eigenvalue weighted by atomic mass is 9.79. The Balaban J connectivity index is 1.93. The third-order valence-electron chi connectivity index (χ3n) is 9.71. The summed E-state index contributed by atoms with van der Waals surface area (Å²) in [5.74, 6) is 0.657. The van der Waals surface area contributed by atoms with E-state index in [-0.39, 0.29) is 41.2 Å². The van der Waals surface area contributed by atoms with Crippen molar-refractivity contribution in [2.24, 2.45) is 16.3 Å². The number of hydrogen-bond acceptors (Lipinski definition) is 7. The lowest BCUT2D eigenvalue weighted by Crippen LogP contribution is -2.55. The zero-order valence-corrected chi connectivity index (χ0v) is 32.3. The monoisotopic (exact) mass is 681 g/mol. The zero-order chi connectivity index (χ0) is 36.2. The van der Waals surface area contributed by atoms with Gasteiger partial charge in [-0.2, -0.15) is 0 Å². The Kier molecular flexibility index (Phi) is 12.2. The zero-order valence-electron chi connectivity index (χ0n) is 31.3. The van der Waals surface area contributed by atoms with Crippen molar-refractivity contribution in [2.45, 2.75) is 117 Å².